The Balaban J connectivity index is 1.36. The first kappa shape index (κ1) is 36.4. The van der Waals surface area contributed by atoms with Crippen LogP contribution < -0.4 is 0 Å². The molecule has 4 aromatic heterocycles. The van der Waals surface area contributed by atoms with Crippen LogP contribution >= 0.6 is 0 Å². The van der Waals surface area contributed by atoms with Gasteiger partial charge in [0.25, 0.3) is 0 Å². The van der Waals surface area contributed by atoms with Crippen molar-refractivity contribution in [2.45, 2.75) is 180 Å². The highest BCUT2D eigenvalue weighted by Crippen LogP contribution is 2.60. The maximum absolute atomic E-state index is 2.77. The van der Waals surface area contributed by atoms with Gasteiger partial charge in [-0.1, -0.05) is 111 Å². The van der Waals surface area contributed by atoms with Gasteiger partial charge in [-0.3, -0.25) is 0 Å². The van der Waals surface area contributed by atoms with Gasteiger partial charge >= 0.3 is 0 Å². The predicted molar refractivity (Wildman–Crippen MR) is 258 cm³/mol. The standard InChI is InChI=1S/C58H64N2/c1-51(2)25-55(9,10)37-21-41-29(17-33(37)51)45-46-30-18-34-39(57(13,14)26-52(34,3)4)23-43(30)60-44-24-40-36(54(7,8)28-58(40,15)16)20-32(44)48(50(46)60)47-31-19-35-38(22-42(31)59(41)49(45)47)56(11,12)27-53(35,5)6/h17-24H,25-28H2,1-16H3. The van der Waals surface area contributed by atoms with Crippen LogP contribution in [0.1, 0.15) is 181 Å². The first-order valence-electron chi connectivity index (χ1n) is 23.3. The van der Waals surface area contributed by atoms with E-state index in [9.17, 15) is 0 Å². The fourth-order valence-corrected chi connectivity index (χ4v) is 16.5. The summed E-state index contributed by atoms with van der Waals surface area (Å²) in [5, 5.41) is 11.6. The molecule has 0 aliphatic heterocycles. The normalized spacial score (nSPS) is 23.5. The van der Waals surface area contributed by atoms with Gasteiger partial charge < -0.3 is 8.80 Å². The molecule has 0 saturated carbocycles. The molecular formula is C58H64N2. The lowest BCUT2D eigenvalue weighted by atomic mass is 9.81. The molecule has 0 amide bonds. The van der Waals surface area contributed by atoms with Crippen molar-refractivity contribution in [2.24, 2.45) is 0 Å². The molecule has 9 aromatic rings. The average molecular weight is 789 g/mol. The van der Waals surface area contributed by atoms with E-state index in [0.29, 0.717) is 0 Å². The minimum Gasteiger partial charge on any atom is -0.308 e. The molecule has 306 valence electrons. The summed E-state index contributed by atoms with van der Waals surface area (Å²) in [7, 11) is 0. The van der Waals surface area contributed by atoms with E-state index in [-0.39, 0.29) is 43.3 Å². The van der Waals surface area contributed by atoms with Crippen LogP contribution in [0.3, 0.4) is 0 Å². The molecular weight excluding hydrogens is 725 g/mol. The van der Waals surface area contributed by atoms with Crippen LogP contribution in [0.15, 0.2) is 48.5 Å². The van der Waals surface area contributed by atoms with Crippen LogP contribution in [-0.4, -0.2) is 8.80 Å². The molecule has 0 fully saturated rings. The second-order valence-corrected chi connectivity index (χ2v) is 26.3. The quantitative estimate of drug-likeness (QED) is 0.145. The van der Waals surface area contributed by atoms with Crippen LogP contribution in [0.5, 0.6) is 0 Å². The Hall–Kier alpha value is -4.30. The maximum atomic E-state index is 2.77. The Kier molecular flexibility index (Phi) is 5.86. The maximum Gasteiger partial charge on any atom is 0.0634 e. The molecule has 0 spiro atoms. The Morgan fingerprint density at radius 3 is 0.617 bits per heavy atom. The highest BCUT2D eigenvalue weighted by molar-refractivity contribution is 6.45. The second-order valence-electron chi connectivity index (χ2n) is 26.3. The van der Waals surface area contributed by atoms with E-state index >= 15 is 0 Å². The van der Waals surface area contributed by atoms with E-state index in [0.717, 1.165) is 0 Å². The van der Waals surface area contributed by atoms with Crippen LogP contribution in [0, 0.1) is 0 Å². The molecule has 4 aliphatic rings. The summed E-state index contributed by atoms with van der Waals surface area (Å²) in [5.74, 6) is 0. The molecule has 2 heteroatoms. The molecule has 0 N–H and O–H groups in total. The van der Waals surface area contributed by atoms with Crippen molar-refractivity contribution in [2.75, 3.05) is 0 Å². The van der Waals surface area contributed by atoms with Gasteiger partial charge in [-0.05, 0) is 162 Å². The number of aromatic nitrogens is 2. The third-order valence-corrected chi connectivity index (χ3v) is 17.8. The summed E-state index contributed by atoms with van der Waals surface area (Å²) in [6.07, 6.45) is 4.67. The van der Waals surface area contributed by atoms with Crippen LogP contribution in [0.25, 0.3) is 76.2 Å². The molecule has 4 aliphatic carbocycles. The highest BCUT2D eigenvalue weighted by Gasteiger charge is 2.47. The molecule has 0 radical (unpaired) electrons. The fourth-order valence-electron chi connectivity index (χ4n) is 16.5. The zero-order valence-electron chi connectivity index (χ0n) is 39.3. The van der Waals surface area contributed by atoms with Crippen LogP contribution in [0.2, 0.25) is 0 Å². The molecule has 13 rings (SSSR count). The Morgan fingerprint density at radius 1 is 0.267 bits per heavy atom. The number of hydrogen-bond donors (Lipinski definition) is 0. The van der Waals surface area contributed by atoms with Gasteiger partial charge in [-0.25, -0.2) is 0 Å². The molecule has 0 bridgehead atoms. The lowest BCUT2D eigenvalue weighted by Gasteiger charge is -2.22. The van der Waals surface area contributed by atoms with E-state index in [4.69, 9.17) is 0 Å². The number of fused-ring (bicyclic) bond motifs is 18. The van der Waals surface area contributed by atoms with Crippen molar-refractivity contribution in [3.8, 4) is 0 Å². The average Bonchev–Trinajstić information content (AvgIpc) is 3.93. The Bertz CT molecular complexity index is 3060. The van der Waals surface area contributed by atoms with Gasteiger partial charge in [0.1, 0.15) is 0 Å². The van der Waals surface area contributed by atoms with Crippen molar-refractivity contribution in [1.29, 1.82) is 0 Å². The Morgan fingerprint density at radius 2 is 0.433 bits per heavy atom. The second kappa shape index (κ2) is 9.67. The van der Waals surface area contributed by atoms with E-state index in [1.807, 2.05) is 0 Å². The van der Waals surface area contributed by atoms with Crippen molar-refractivity contribution in [3.63, 3.8) is 0 Å². The minimum atomic E-state index is 0.108. The van der Waals surface area contributed by atoms with Crippen molar-refractivity contribution < 1.29 is 0 Å². The molecule has 4 heterocycles. The topological polar surface area (TPSA) is 8.82 Å². The molecule has 0 unspecified atom stereocenters. The largest absolute Gasteiger partial charge is 0.308 e. The first-order chi connectivity index (χ1) is 27.7. The van der Waals surface area contributed by atoms with Gasteiger partial charge in [0.05, 0.1) is 33.1 Å². The molecule has 0 saturated heterocycles. The summed E-state index contributed by atoms with van der Waals surface area (Å²) in [4.78, 5) is 0. The lowest BCUT2D eigenvalue weighted by molar-refractivity contribution is 0.403. The summed E-state index contributed by atoms with van der Waals surface area (Å²) in [6.45, 7) is 39.8. The third-order valence-electron chi connectivity index (χ3n) is 17.8. The van der Waals surface area contributed by atoms with Gasteiger partial charge in [0.15, 0.2) is 0 Å². The smallest absolute Gasteiger partial charge is 0.0634 e. The fraction of sp³-hybridized carbons (Fsp3) is 0.483. The lowest BCUT2D eigenvalue weighted by Crippen LogP contribution is -2.18. The van der Waals surface area contributed by atoms with Crippen LogP contribution in [0.4, 0.5) is 0 Å². The van der Waals surface area contributed by atoms with Gasteiger partial charge in [0, 0.05) is 43.1 Å². The summed E-state index contributed by atoms with van der Waals surface area (Å²) in [6, 6.07) is 21.4. The van der Waals surface area contributed by atoms with E-state index in [1.54, 1.807) is 22.3 Å². The third kappa shape index (κ3) is 3.89. The number of nitrogens with zero attached hydrogens (tertiary/aromatic N) is 2. The monoisotopic (exact) mass is 789 g/mol. The van der Waals surface area contributed by atoms with Gasteiger partial charge in [-0.15, -0.1) is 0 Å². The van der Waals surface area contributed by atoms with Crippen molar-refractivity contribution in [1.82, 2.24) is 8.80 Å². The predicted octanol–water partition coefficient (Wildman–Crippen LogP) is 15.8. The zero-order chi connectivity index (χ0) is 42.3. The zero-order valence-corrected chi connectivity index (χ0v) is 39.3. The van der Waals surface area contributed by atoms with Gasteiger partial charge in [0.2, 0.25) is 0 Å². The van der Waals surface area contributed by atoms with Crippen LogP contribution in [-0.2, 0) is 43.3 Å². The molecule has 2 nitrogen and oxygen atoms in total. The number of rotatable bonds is 0. The molecule has 60 heavy (non-hydrogen) atoms. The van der Waals surface area contributed by atoms with E-state index in [1.165, 1.54) is 124 Å². The van der Waals surface area contributed by atoms with Crippen molar-refractivity contribution >= 4 is 76.2 Å². The highest BCUT2D eigenvalue weighted by atomic mass is 14.9. The SMILES string of the molecule is CC1(C)CC(C)(C)c2cc3c(cc21)c1c2c4cc5c(cc4n4c6cc7c(cc6c(c6c8cc9c(cc8n3c16)C(C)(C)CC9(C)C)c24)C(C)(C)CC7(C)C)C(C)(C)CC5(C)C. The number of hydrogen-bond acceptors (Lipinski definition) is 0. The molecule has 5 aromatic carbocycles. The number of benzene rings is 5. The van der Waals surface area contributed by atoms with E-state index in [2.05, 4.69) is 168 Å². The van der Waals surface area contributed by atoms with E-state index < -0.39 is 0 Å². The van der Waals surface area contributed by atoms with Gasteiger partial charge in [-0.2, -0.15) is 0 Å². The Labute approximate surface area is 356 Å². The van der Waals surface area contributed by atoms with Crippen molar-refractivity contribution in [3.05, 3.63) is 93.0 Å². The first-order valence-corrected chi connectivity index (χ1v) is 23.3. The summed E-state index contributed by atoms with van der Waals surface area (Å²) < 4.78 is 5.55. The summed E-state index contributed by atoms with van der Waals surface area (Å²) in [5.41, 5.74) is 21.6. The molecule has 0 atom stereocenters. The minimum absolute atomic E-state index is 0.108. The summed E-state index contributed by atoms with van der Waals surface area (Å²) >= 11 is 0.